The third kappa shape index (κ3) is 4.78. The van der Waals surface area contributed by atoms with Crippen molar-refractivity contribution in [3.8, 4) is 0 Å². The molecule has 0 saturated heterocycles. The Kier molecular flexibility index (Phi) is 6.45. The lowest BCUT2D eigenvalue weighted by Crippen LogP contribution is -2.54. The molecule has 92 valence electrons. The molecular formula is C10H24Cl2OSi2. The van der Waals surface area contributed by atoms with Crippen LogP contribution in [0.4, 0.5) is 0 Å². The van der Waals surface area contributed by atoms with Crippen molar-refractivity contribution in [2.45, 2.75) is 62.9 Å². The molecule has 0 fully saturated rings. The fourth-order valence-electron chi connectivity index (χ4n) is 1.79. The quantitative estimate of drug-likeness (QED) is 0.515. The lowest BCUT2D eigenvalue weighted by molar-refractivity contribution is 0.525. The van der Waals surface area contributed by atoms with E-state index in [0.717, 1.165) is 12.8 Å². The number of halogens is 2. The minimum atomic E-state index is -1.78. The summed E-state index contributed by atoms with van der Waals surface area (Å²) < 4.78 is 6.34. The van der Waals surface area contributed by atoms with Gasteiger partial charge in [0.05, 0.1) is 10.0 Å². The number of hydrogen-bond acceptors (Lipinski definition) is 1. The zero-order valence-electron chi connectivity index (χ0n) is 10.7. The summed E-state index contributed by atoms with van der Waals surface area (Å²) >= 11 is 12.7. The lowest BCUT2D eigenvalue weighted by Gasteiger charge is -2.38. The van der Waals surface area contributed by atoms with E-state index < -0.39 is 16.6 Å². The highest BCUT2D eigenvalue weighted by Gasteiger charge is 2.41. The molecule has 0 aliphatic rings. The number of rotatable bonds is 6. The zero-order chi connectivity index (χ0) is 12.3. The van der Waals surface area contributed by atoms with Crippen molar-refractivity contribution >= 4 is 39.8 Å². The van der Waals surface area contributed by atoms with Crippen LogP contribution in [0.3, 0.4) is 0 Å². The van der Waals surface area contributed by atoms with E-state index >= 15 is 0 Å². The second-order valence-corrected chi connectivity index (χ2v) is 15.5. The van der Waals surface area contributed by atoms with E-state index in [2.05, 4.69) is 40.0 Å². The van der Waals surface area contributed by atoms with Crippen molar-refractivity contribution in [2.75, 3.05) is 0 Å². The first-order valence-corrected chi connectivity index (χ1v) is 12.5. The highest BCUT2D eigenvalue weighted by atomic mass is 35.5. The van der Waals surface area contributed by atoms with Gasteiger partial charge in [-0.15, -0.1) is 23.2 Å². The third-order valence-corrected chi connectivity index (χ3v) is 14.6. The molecule has 0 aliphatic heterocycles. The molecule has 0 amide bonds. The predicted octanol–water partition coefficient (Wildman–Crippen LogP) is 4.53. The average molecular weight is 287 g/mol. The van der Waals surface area contributed by atoms with Crippen LogP contribution in [-0.4, -0.2) is 26.6 Å². The Bertz CT molecular complexity index is 178. The van der Waals surface area contributed by atoms with E-state index in [1.807, 2.05) is 0 Å². The Morgan fingerprint density at radius 3 is 1.33 bits per heavy atom. The molecular weight excluding hydrogens is 263 g/mol. The van der Waals surface area contributed by atoms with Crippen LogP contribution in [0.5, 0.6) is 0 Å². The van der Waals surface area contributed by atoms with Gasteiger partial charge in [-0.3, -0.25) is 0 Å². The van der Waals surface area contributed by atoms with Crippen LogP contribution < -0.4 is 0 Å². The fraction of sp³-hybridized carbons (Fsp3) is 1.00. The first-order valence-electron chi connectivity index (χ1n) is 5.65. The van der Waals surface area contributed by atoms with E-state index in [0.29, 0.717) is 0 Å². The summed E-state index contributed by atoms with van der Waals surface area (Å²) in [6.07, 6.45) is 1.95. The summed E-state index contributed by atoms with van der Waals surface area (Å²) in [5.41, 5.74) is 0. The van der Waals surface area contributed by atoms with Crippen molar-refractivity contribution in [1.29, 1.82) is 0 Å². The highest BCUT2D eigenvalue weighted by Crippen LogP contribution is 2.27. The molecule has 0 bridgehead atoms. The molecule has 5 heteroatoms. The molecule has 0 aromatic rings. The molecule has 0 heterocycles. The van der Waals surface area contributed by atoms with E-state index in [1.54, 1.807) is 0 Å². The van der Waals surface area contributed by atoms with Crippen LogP contribution in [0, 0.1) is 0 Å². The highest BCUT2D eigenvalue weighted by molar-refractivity contribution is 6.91. The van der Waals surface area contributed by atoms with Gasteiger partial charge in [0.25, 0.3) is 0 Å². The molecule has 0 spiro atoms. The van der Waals surface area contributed by atoms with Gasteiger partial charge in [-0.25, -0.2) is 0 Å². The molecule has 1 nitrogen and oxygen atoms in total. The second-order valence-electron chi connectivity index (χ2n) is 5.06. The minimum absolute atomic E-state index is 0.185. The smallest absolute Gasteiger partial charge is 0.191 e. The van der Waals surface area contributed by atoms with Crippen LogP contribution >= 0.6 is 23.2 Å². The van der Waals surface area contributed by atoms with Gasteiger partial charge >= 0.3 is 0 Å². The lowest BCUT2D eigenvalue weighted by atomic mass is 10.6. The van der Waals surface area contributed by atoms with Crippen LogP contribution in [0.25, 0.3) is 0 Å². The van der Waals surface area contributed by atoms with Crippen molar-refractivity contribution in [1.82, 2.24) is 0 Å². The van der Waals surface area contributed by atoms with Gasteiger partial charge in [0.2, 0.25) is 0 Å². The Balaban J connectivity index is 4.56. The monoisotopic (exact) mass is 286 g/mol. The molecule has 0 aliphatic carbocycles. The molecule has 0 aromatic carbocycles. The molecule has 0 saturated carbocycles. The van der Waals surface area contributed by atoms with Gasteiger partial charge < -0.3 is 4.12 Å². The topological polar surface area (TPSA) is 9.23 Å². The largest absolute Gasteiger partial charge is 0.453 e. The molecule has 15 heavy (non-hydrogen) atoms. The zero-order valence-corrected chi connectivity index (χ0v) is 14.2. The summed E-state index contributed by atoms with van der Waals surface area (Å²) in [5, 5.41) is 0.370. The van der Waals surface area contributed by atoms with Crippen molar-refractivity contribution in [2.24, 2.45) is 0 Å². The molecule has 0 radical (unpaired) electrons. The van der Waals surface area contributed by atoms with Gasteiger partial charge in [-0.05, 0) is 39.0 Å². The molecule has 0 N–H and O–H groups in total. The van der Waals surface area contributed by atoms with Crippen LogP contribution in [0.15, 0.2) is 0 Å². The van der Waals surface area contributed by atoms with E-state index in [4.69, 9.17) is 27.3 Å². The standard InChI is InChI=1S/C10H24Cl2OSi2/c1-7-9(11)14(3,4)13-15(5,6)10(12)8-2/h9-10H,7-8H2,1-6H3. The summed E-state index contributed by atoms with van der Waals surface area (Å²) in [4.78, 5) is 0. The SMILES string of the molecule is CCC(Cl)[Si](C)(C)O[Si](C)(C)C(Cl)CC. The first-order chi connectivity index (χ1) is 6.67. The second kappa shape index (κ2) is 6.06. The van der Waals surface area contributed by atoms with E-state index in [-0.39, 0.29) is 10.0 Å². The summed E-state index contributed by atoms with van der Waals surface area (Å²) in [6.45, 7) is 13.0. The summed E-state index contributed by atoms with van der Waals surface area (Å²) in [5.74, 6) is 0. The van der Waals surface area contributed by atoms with Gasteiger partial charge in [0, 0.05) is 0 Å². The van der Waals surface area contributed by atoms with Crippen LogP contribution in [0.2, 0.25) is 26.2 Å². The first kappa shape index (κ1) is 16.0. The Morgan fingerprint density at radius 1 is 0.867 bits per heavy atom. The van der Waals surface area contributed by atoms with Crippen molar-refractivity contribution in [3.05, 3.63) is 0 Å². The van der Waals surface area contributed by atoms with Crippen LogP contribution in [-0.2, 0) is 4.12 Å². The van der Waals surface area contributed by atoms with Crippen molar-refractivity contribution < 1.29 is 4.12 Å². The number of hydrogen-bond donors (Lipinski definition) is 0. The summed E-state index contributed by atoms with van der Waals surface area (Å²) in [6, 6.07) is 0. The van der Waals surface area contributed by atoms with Gasteiger partial charge in [0.15, 0.2) is 16.6 Å². The maximum atomic E-state index is 6.34. The Morgan fingerprint density at radius 2 is 1.13 bits per heavy atom. The van der Waals surface area contributed by atoms with Gasteiger partial charge in [0.1, 0.15) is 0 Å². The molecule has 2 atom stereocenters. The normalized spacial score (nSPS) is 17.6. The predicted molar refractivity (Wildman–Crippen MR) is 75.9 cm³/mol. The van der Waals surface area contributed by atoms with Gasteiger partial charge in [-0.1, -0.05) is 13.8 Å². The van der Waals surface area contributed by atoms with Crippen LogP contribution in [0.1, 0.15) is 26.7 Å². The molecule has 2 unspecified atom stereocenters. The summed E-state index contributed by atoms with van der Waals surface area (Å²) in [7, 11) is -3.56. The minimum Gasteiger partial charge on any atom is -0.453 e. The van der Waals surface area contributed by atoms with Gasteiger partial charge in [-0.2, -0.15) is 0 Å². The third-order valence-electron chi connectivity index (χ3n) is 2.75. The maximum Gasteiger partial charge on any atom is 0.191 e. The van der Waals surface area contributed by atoms with E-state index in [9.17, 15) is 0 Å². The Labute approximate surface area is 107 Å². The maximum absolute atomic E-state index is 6.34. The van der Waals surface area contributed by atoms with E-state index in [1.165, 1.54) is 0 Å². The average Bonchev–Trinajstić information content (AvgIpc) is 2.13. The number of alkyl halides is 2. The molecule has 0 rings (SSSR count). The van der Waals surface area contributed by atoms with Crippen molar-refractivity contribution in [3.63, 3.8) is 0 Å². The Hall–Kier alpha value is 0.974. The molecule has 0 aromatic heterocycles. The fourth-order valence-corrected chi connectivity index (χ4v) is 11.0.